The number of carbonyl (C=O) groups excluding carboxylic acids is 1. The Balaban J connectivity index is 2.58. The van der Waals surface area contributed by atoms with Crippen LogP contribution in [0, 0.1) is 6.92 Å². The van der Waals surface area contributed by atoms with Crippen LogP contribution >= 0.6 is 0 Å². The Morgan fingerprint density at radius 2 is 2.47 bits per heavy atom. The Bertz CT molecular complexity index is 322. The van der Waals surface area contributed by atoms with Crippen LogP contribution in [0.1, 0.15) is 36.0 Å². The highest BCUT2D eigenvalue weighted by Crippen LogP contribution is 2.06. The smallest absolute Gasteiger partial charge is 0.289 e. The maximum atomic E-state index is 11.6. The van der Waals surface area contributed by atoms with Crippen LogP contribution in [0.15, 0.2) is 10.8 Å². The molecule has 1 aromatic heterocycles. The molecular formula is C10H16N2O3. The van der Waals surface area contributed by atoms with Crippen LogP contribution < -0.4 is 5.32 Å². The maximum absolute atomic E-state index is 11.6. The van der Waals surface area contributed by atoms with Crippen LogP contribution in [0.25, 0.3) is 0 Å². The number of aromatic nitrogens is 1. The van der Waals surface area contributed by atoms with Crippen molar-refractivity contribution in [2.75, 3.05) is 6.61 Å². The second-order valence-electron chi connectivity index (χ2n) is 3.36. The first kappa shape index (κ1) is 11.7. The zero-order chi connectivity index (χ0) is 11.3. The van der Waals surface area contributed by atoms with Gasteiger partial charge in [-0.2, -0.15) is 0 Å². The number of carbonyl (C=O) groups is 1. The molecule has 1 unspecified atom stereocenters. The molecular weight excluding hydrogens is 196 g/mol. The molecule has 0 saturated carbocycles. The normalized spacial score (nSPS) is 12.5. The van der Waals surface area contributed by atoms with Crippen molar-refractivity contribution >= 4 is 5.91 Å². The van der Waals surface area contributed by atoms with E-state index in [9.17, 15) is 4.79 Å². The number of nitrogens with zero attached hydrogens (tertiary/aromatic N) is 1. The number of hydrogen-bond acceptors (Lipinski definition) is 4. The van der Waals surface area contributed by atoms with Crippen molar-refractivity contribution in [2.45, 2.75) is 32.7 Å². The van der Waals surface area contributed by atoms with Gasteiger partial charge in [0.1, 0.15) is 0 Å². The summed E-state index contributed by atoms with van der Waals surface area (Å²) in [7, 11) is 0. The standard InChI is InChI=1S/C10H16N2O3/c1-3-8(4-5-13)12-10(14)9-7(2)11-6-15-9/h6,8,13H,3-5H2,1-2H3,(H,12,14). The summed E-state index contributed by atoms with van der Waals surface area (Å²) < 4.78 is 4.96. The molecule has 0 fully saturated rings. The zero-order valence-electron chi connectivity index (χ0n) is 8.99. The third kappa shape index (κ3) is 3.06. The zero-order valence-corrected chi connectivity index (χ0v) is 8.99. The molecule has 2 N–H and O–H groups in total. The lowest BCUT2D eigenvalue weighted by Gasteiger charge is -2.14. The molecule has 0 aliphatic heterocycles. The number of aliphatic hydroxyl groups is 1. The summed E-state index contributed by atoms with van der Waals surface area (Å²) in [6.07, 6.45) is 2.58. The van der Waals surface area contributed by atoms with E-state index in [0.29, 0.717) is 12.1 Å². The number of oxazole rings is 1. The third-order valence-electron chi connectivity index (χ3n) is 2.26. The summed E-state index contributed by atoms with van der Waals surface area (Å²) in [5.41, 5.74) is 0.575. The molecule has 1 aromatic rings. The van der Waals surface area contributed by atoms with Gasteiger partial charge in [-0.05, 0) is 19.8 Å². The molecule has 0 radical (unpaired) electrons. The van der Waals surface area contributed by atoms with E-state index in [2.05, 4.69) is 10.3 Å². The van der Waals surface area contributed by atoms with E-state index < -0.39 is 0 Å². The van der Waals surface area contributed by atoms with Crippen molar-refractivity contribution in [3.05, 3.63) is 17.8 Å². The first-order chi connectivity index (χ1) is 7.19. The monoisotopic (exact) mass is 212 g/mol. The van der Waals surface area contributed by atoms with E-state index in [1.54, 1.807) is 6.92 Å². The quantitative estimate of drug-likeness (QED) is 0.759. The summed E-state index contributed by atoms with van der Waals surface area (Å²) in [5.74, 6) is -0.0308. The molecule has 0 bridgehead atoms. The summed E-state index contributed by atoms with van der Waals surface area (Å²) in [4.78, 5) is 15.5. The minimum Gasteiger partial charge on any atom is -0.438 e. The lowest BCUT2D eigenvalue weighted by Crippen LogP contribution is -2.35. The van der Waals surface area contributed by atoms with Crippen LogP contribution in [-0.4, -0.2) is 28.6 Å². The fourth-order valence-electron chi connectivity index (χ4n) is 1.30. The first-order valence-electron chi connectivity index (χ1n) is 5.00. The molecule has 0 aliphatic carbocycles. The molecule has 1 heterocycles. The molecule has 0 saturated heterocycles. The lowest BCUT2D eigenvalue weighted by molar-refractivity contribution is 0.0900. The van der Waals surface area contributed by atoms with Crippen molar-refractivity contribution in [3.8, 4) is 0 Å². The van der Waals surface area contributed by atoms with Gasteiger partial charge in [0, 0.05) is 12.6 Å². The highest BCUT2D eigenvalue weighted by Gasteiger charge is 2.16. The van der Waals surface area contributed by atoms with Crippen LogP contribution in [0.5, 0.6) is 0 Å². The Morgan fingerprint density at radius 1 is 1.73 bits per heavy atom. The second kappa shape index (κ2) is 5.50. The van der Waals surface area contributed by atoms with Crippen LogP contribution in [-0.2, 0) is 0 Å². The number of rotatable bonds is 5. The van der Waals surface area contributed by atoms with Gasteiger partial charge in [0.05, 0.1) is 5.69 Å². The van der Waals surface area contributed by atoms with E-state index in [4.69, 9.17) is 9.52 Å². The van der Waals surface area contributed by atoms with Crippen molar-refractivity contribution in [1.82, 2.24) is 10.3 Å². The van der Waals surface area contributed by atoms with Crippen LogP contribution in [0.4, 0.5) is 0 Å². The molecule has 0 aliphatic rings. The first-order valence-corrected chi connectivity index (χ1v) is 5.00. The van der Waals surface area contributed by atoms with Gasteiger partial charge in [-0.25, -0.2) is 4.98 Å². The van der Waals surface area contributed by atoms with Gasteiger partial charge in [-0.1, -0.05) is 6.92 Å². The number of amides is 1. The Hall–Kier alpha value is -1.36. The van der Waals surface area contributed by atoms with E-state index in [1.165, 1.54) is 6.39 Å². The van der Waals surface area contributed by atoms with E-state index >= 15 is 0 Å². The Kier molecular flexibility index (Phi) is 4.30. The molecule has 0 spiro atoms. The van der Waals surface area contributed by atoms with E-state index in [-0.39, 0.29) is 24.3 Å². The number of aryl methyl sites for hydroxylation is 1. The molecule has 1 atom stereocenters. The number of hydrogen-bond donors (Lipinski definition) is 2. The summed E-state index contributed by atoms with van der Waals surface area (Å²) in [5, 5.41) is 11.6. The molecule has 1 rings (SSSR count). The van der Waals surface area contributed by atoms with Crippen molar-refractivity contribution < 1.29 is 14.3 Å². The van der Waals surface area contributed by atoms with Crippen molar-refractivity contribution in [3.63, 3.8) is 0 Å². The fourth-order valence-corrected chi connectivity index (χ4v) is 1.30. The van der Waals surface area contributed by atoms with E-state index in [0.717, 1.165) is 6.42 Å². The SMILES string of the molecule is CCC(CCO)NC(=O)c1ocnc1C. The molecule has 84 valence electrons. The summed E-state index contributed by atoms with van der Waals surface area (Å²) in [6.45, 7) is 3.73. The van der Waals surface area contributed by atoms with Gasteiger partial charge in [0.25, 0.3) is 5.91 Å². The number of aliphatic hydroxyl groups excluding tert-OH is 1. The predicted octanol–water partition coefficient (Wildman–Crippen LogP) is 0.874. The molecule has 5 heteroatoms. The maximum Gasteiger partial charge on any atom is 0.289 e. The highest BCUT2D eigenvalue weighted by atomic mass is 16.3. The van der Waals surface area contributed by atoms with Gasteiger partial charge in [0.15, 0.2) is 6.39 Å². The average Bonchev–Trinajstić information content (AvgIpc) is 2.63. The van der Waals surface area contributed by atoms with Crippen molar-refractivity contribution in [1.29, 1.82) is 0 Å². The highest BCUT2D eigenvalue weighted by molar-refractivity contribution is 5.92. The minimum absolute atomic E-state index is 0.0213. The Labute approximate surface area is 88.5 Å². The predicted molar refractivity (Wildman–Crippen MR) is 54.5 cm³/mol. The molecule has 5 nitrogen and oxygen atoms in total. The van der Waals surface area contributed by atoms with Gasteiger partial charge in [0.2, 0.25) is 5.76 Å². The summed E-state index contributed by atoms with van der Waals surface area (Å²) in [6, 6.07) is -0.0213. The van der Waals surface area contributed by atoms with E-state index in [1.807, 2.05) is 6.92 Å². The van der Waals surface area contributed by atoms with Gasteiger partial charge in [-0.15, -0.1) is 0 Å². The fraction of sp³-hybridized carbons (Fsp3) is 0.600. The molecule has 0 aromatic carbocycles. The largest absolute Gasteiger partial charge is 0.438 e. The van der Waals surface area contributed by atoms with Gasteiger partial charge < -0.3 is 14.8 Å². The summed E-state index contributed by atoms with van der Waals surface area (Å²) >= 11 is 0. The molecule has 15 heavy (non-hydrogen) atoms. The lowest BCUT2D eigenvalue weighted by atomic mass is 10.1. The van der Waals surface area contributed by atoms with Crippen LogP contribution in [0.2, 0.25) is 0 Å². The third-order valence-corrected chi connectivity index (χ3v) is 2.26. The van der Waals surface area contributed by atoms with Crippen molar-refractivity contribution in [2.24, 2.45) is 0 Å². The average molecular weight is 212 g/mol. The van der Waals surface area contributed by atoms with Gasteiger partial charge >= 0.3 is 0 Å². The van der Waals surface area contributed by atoms with Crippen LogP contribution in [0.3, 0.4) is 0 Å². The topological polar surface area (TPSA) is 75.4 Å². The van der Waals surface area contributed by atoms with Gasteiger partial charge in [-0.3, -0.25) is 4.79 Å². The minimum atomic E-state index is -0.273. The second-order valence-corrected chi connectivity index (χ2v) is 3.36. The number of nitrogens with one attached hydrogen (secondary N) is 1. The molecule has 1 amide bonds. The Morgan fingerprint density at radius 3 is 2.93 bits per heavy atom.